The second kappa shape index (κ2) is 15.3. The van der Waals surface area contributed by atoms with Crippen LogP contribution in [0.4, 0.5) is 5.69 Å². The number of aryl methyl sites for hydroxylation is 1. The molecule has 12 nitrogen and oxygen atoms in total. The van der Waals surface area contributed by atoms with Crippen molar-refractivity contribution in [2.45, 2.75) is 24.9 Å². The van der Waals surface area contributed by atoms with Gasteiger partial charge in [-0.25, -0.2) is 0 Å². The smallest absolute Gasteiger partial charge is 0.311 e. The lowest BCUT2D eigenvalue weighted by Gasteiger charge is -2.22. The van der Waals surface area contributed by atoms with E-state index >= 15 is 0 Å². The first-order valence-corrected chi connectivity index (χ1v) is 13.0. The first-order valence-electron chi connectivity index (χ1n) is 13.0. The number of aromatic nitrogens is 1. The number of nitrogens with zero attached hydrogens (tertiary/aromatic N) is 2. The molecule has 0 radical (unpaired) electrons. The number of anilines is 1. The third kappa shape index (κ3) is 8.83. The van der Waals surface area contributed by atoms with Gasteiger partial charge >= 0.3 is 11.8 Å². The average molecular weight is 549 g/mol. The molecule has 3 rings (SSSR count). The molecule has 4 amide bonds. The predicted molar refractivity (Wildman–Crippen MR) is 153 cm³/mol. The first kappa shape index (κ1) is 30.2. The van der Waals surface area contributed by atoms with E-state index in [1.54, 1.807) is 12.3 Å². The Balaban J connectivity index is 1.64. The fraction of sp³-hybridized carbons (Fsp3) is 0.321. The summed E-state index contributed by atoms with van der Waals surface area (Å²) in [7, 11) is 0. The van der Waals surface area contributed by atoms with Crippen LogP contribution in [-0.2, 0) is 25.6 Å². The summed E-state index contributed by atoms with van der Waals surface area (Å²) in [4.78, 5) is 56.4. The molecule has 0 bridgehead atoms. The van der Waals surface area contributed by atoms with Crippen molar-refractivity contribution in [1.82, 2.24) is 20.5 Å². The number of carbonyl (C=O) groups excluding carboxylic acids is 4. The van der Waals surface area contributed by atoms with E-state index in [0.29, 0.717) is 18.5 Å². The molecule has 40 heavy (non-hydrogen) atoms. The molecule has 3 aromatic rings. The molecule has 9 N–H and O–H groups in total. The zero-order chi connectivity index (χ0) is 28.9. The maximum Gasteiger partial charge on any atom is 0.311 e. The van der Waals surface area contributed by atoms with E-state index in [0.717, 1.165) is 16.5 Å². The van der Waals surface area contributed by atoms with Crippen molar-refractivity contribution in [3.63, 3.8) is 0 Å². The molecular formula is C28H36N8O4. The highest BCUT2D eigenvalue weighted by atomic mass is 16.2. The summed E-state index contributed by atoms with van der Waals surface area (Å²) in [5.41, 5.74) is 19.2. The Bertz CT molecular complexity index is 1300. The van der Waals surface area contributed by atoms with E-state index in [-0.39, 0.29) is 32.7 Å². The minimum absolute atomic E-state index is 0.168. The predicted octanol–water partition coefficient (Wildman–Crippen LogP) is -0.520. The van der Waals surface area contributed by atoms with Crippen molar-refractivity contribution >= 4 is 40.2 Å². The zero-order valence-corrected chi connectivity index (χ0v) is 22.2. The number of carbonyl (C=O) groups is 4. The molecule has 2 atom stereocenters. The molecule has 0 spiro atoms. The van der Waals surface area contributed by atoms with E-state index in [2.05, 4.69) is 20.9 Å². The molecule has 12 heteroatoms. The van der Waals surface area contributed by atoms with Gasteiger partial charge in [0.25, 0.3) is 0 Å². The molecule has 0 aliphatic carbocycles. The minimum atomic E-state index is -1.21. The molecule has 2 unspecified atom stereocenters. The van der Waals surface area contributed by atoms with Gasteiger partial charge in [-0.05, 0) is 30.5 Å². The number of fused-ring (bicyclic) bond motifs is 1. The van der Waals surface area contributed by atoms with Gasteiger partial charge in [-0.15, -0.1) is 0 Å². The molecule has 0 aliphatic heterocycles. The van der Waals surface area contributed by atoms with Gasteiger partial charge < -0.3 is 38.1 Å². The van der Waals surface area contributed by atoms with Crippen LogP contribution >= 0.6 is 0 Å². The van der Waals surface area contributed by atoms with Gasteiger partial charge in [0.2, 0.25) is 11.8 Å². The highest BCUT2D eigenvalue weighted by Gasteiger charge is 2.26. The SMILES string of the molecule is NCCN(CCN)C(=O)C(=O)NCC(N)C(=O)NC(CCc1ccccc1)C(=O)Nc1cnc2ccccc2c1. The van der Waals surface area contributed by atoms with E-state index < -0.39 is 35.7 Å². The number of pyridine rings is 1. The summed E-state index contributed by atoms with van der Waals surface area (Å²) in [6, 6.07) is 16.7. The lowest BCUT2D eigenvalue weighted by Crippen LogP contribution is -2.55. The van der Waals surface area contributed by atoms with Crippen LogP contribution in [0.3, 0.4) is 0 Å². The van der Waals surface area contributed by atoms with Gasteiger partial charge in [0.15, 0.2) is 0 Å². The number of hydrogen-bond donors (Lipinski definition) is 6. The fourth-order valence-corrected chi connectivity index (χ4v) is 4.01. The Morgan fingerprint density at radius 2 is 1.57 bits per heavy atom. The van der Waals surface area contributed by atoms with E-state index in [1.165, 1.54) is 4.90 Å². The topological polar surface area (TPSA) is 199 Å². The highest BCUT2D eigenvalue weighted by Crippen LogP contribution is 2.17. The first-order chi connectivity index (χ1) is 19.3. The Morgan fingerprint density at radius 3 is 2.27 bits per heavy atom. The van der Waals surface area contributed by atoms with Gasteiger partial charge in [0.05, 0.1) is 17.4 Å². The van der Waals surface area contributed by atoms with E-state index in [4.69, 9.17) is 17.2 Å². The number of hydrogen-bond acceptors (Lipinski definition) is 8. The maximum absolute atomic E-state index is 13.2. The molecule has 212 valence electrons. The average Bonchev–Trinajstić information content (AvgIpc) is 2.97. The van der Waals surface area contributed by atoms with Gasteiger partial charge in [0.1, 0.15) is 12.1 Å². The molecule has 2 aromatic carbocycles. The highest BCUT2D eigenvalue weighted by molar-refractivity contribution is 6.35. The third-order valence-electron chi connectivity index (χ3n) is 6.15. The molecule has 0 aliphatic rings. The molecule has 1 aromatic heterocycles. The zero-order valence-electron chi connectivity index (χ0n) is 22.2. The van der Waals surface area contributed by atoms with Crippen LogP contribution in [0, 0.1) is 0 Å². The van der Waals surface area contributed by atoms with Crippen LogP contribution in [-0.4, -0.2) is 78.3 Å². The monoisotopic (exact) mass is 548 g/mol. The molecule has 1 heterocycles. The van der Waals surface area contributed by atoms with Gasteiger partial charge in [-0.3, -0.25) is 24.2 Å². The second-order valence-electron chi connectivity index (χ2n) is 9.18. The fourth-order valence-electron chi connectivity index (χ4n) is 4.01. The van der Waals surface area contributed by atoms with Crippen molar-refractivity contribution in [2.24, 2.45) is 17.2 Å². The van der Waals surface area contributed by atoms with Gasteiger partial charge in [0, 0.05) is 38.1 Å². The van der Waals surface area contributed by atoms with Crippen LogP contribution in [0.2, 0.25) is 0 Å². The number of nitrogens with one attached hydrogen (secondary N) is 3. The normalized spacial score (nSPS) is 12.3. The van der Waals surface area contributed by atoms with Crippen molar-refractivity contribution in [1.29, 1.82) is 0 Å². The lowest BCUT2D eigenvalue weighted by atomic mass is 10.0. The van der Waals surface area contributed by atoms with Crippen molar-refractivity contribution in [2.75, 3.05) is 38.0 Å². The van der Waals surface area contributed by atoms with Crippen LogP contribution in [0.15, 0.2) is 66.9 Å². The van der Waals surface area contributed by atoms with E-state index in [9.17, 15) is 19.2 Å². The molecule has 0 fully saturated rings. The molecule has 0 saturated carbocycles. The summed E-state index contributed by atoms with van der Waals surface area (Å²) in [6.07, 6.45) is 2.37. The summed E-state index contributed by atoms with van der Waals surface area (Å²) in [6.45, 7) is 0.365. The number of rotatable bonds is 13. The van der Waals surface area contributed by atoms with Crippen molar-refractivity contribution < 1.29 is 19.2 Å². The van der Waals surface area contributed by atoms with Gasteiger partial charge in [-0.2, -0.15) is 0 Å². The summed E-state index contributed by atoms with van der Waals surface area (Å²) in [5, 5.41) is 8.73. The third-order valence-corrected chi connectivity index (χ3v) is 6.15. The number of para-hydroxylation sites is 1. The summed E-state index contributed by atoms with van der Waals surface area (Å²) >= 11 is 0. The number of nitrogens with two attached hydrogens (primary N) is 3. The van der Waals surface area contributed by atoms with E-state index in [1.807, 2.05) is 54.6 Å². The standard InChI is InChI=1S/C28H36N8O4/c29-12-14-36(15-13-30)28(40)27(39)33-18-22(31)25(37)35-24(11-10-19-6-2-1-3-7-19)26(38)34-21-16-20-8-4-5-9-23(20)32-17-21/h1-9,16-17,22,24H,10-15,18,29-31H2,(H,33,39)(H,34,38)(H,35,37). The number of benzene rings is 2. The molecular weight excluding hydrogens is 512 g/mol. The maximum atomic E-state index is 13.2. The van der Waals surface area contributed by atoms with Crippen LogP contribution in [0.1, 0.15) is 12.0 Å². The Kier molecular flexibility index (Phi) is 11.5. The molecule has 0 saturated heterocycles. The van der Waals surface area contributed by atoms with Crippen molar-refractivity contribution in [3.05, 3.63) is 72.4 Å². The lowest BCUT2D eigenvalue weighted by molar-refractivity contribution is -0.145. The number of amides is 4. The van der Waals surface area contributed by atoms with Gasteiger partial charge in [-0.1, -0.05) is 48.5 Å². The second-order valence-corrected chi connectivity index (χ2v) is 9.18. The van der Waals surface area contributed by atoms with Crippen LogP contribution in [0.25, 0.3) is 10.9 Å². The Labute approximate surface area is 232 Å². The van der Waals surface area contributed by atoms with Crippen molar-refractivity contribution in [3.8, 4) is 0 Å². The Morgan fingerprint density at radius 1 is 0.900 bits per heavy atom. The summed E-state index contributed by atoms with van der Waals surface area (Å²) in [5.74, 6) is -2.83. The largest absolute Gasteiger partial charge is 0.346 e. The summed E-state index contributed by atoms with van der Waals surface area (Å²) < 4.78 is 0. The van der Waals surface area contributed by atoms with Crippen LogP contribution < -0.4 is 33.2 Å². The quantitative estimate of drug-likeness (QED) is 0.153. The van der Waals surface area contributed by atoms with Crippen LogP contribution in [0.5, 0.6) is 0 Å². The minimum Gasteiger partial charge on any atom is -0.346 e. The Hall–Kier alpha value is -4.39.